The SMILES string of the molecule is CCCCCCCCCCCCc1c[c]([Sn]([CH3])([CH3])[CH3])sc1-c1nc2cc3sc(-c4s[c]([Sn]([CH3])([CH3])[CH3])cc4CCCCCC)nc3cc2s1.CCCCCCc1c[c]([Sn]([CH3])([CH3])[CH3])sc1-c1cc(CCCCCC)c(-c2nc3c(CCCCCC)c4sc(-c5sc(-c6s[c]([Sn]([CH3])([CH3])[CH3])cc6CCCCCC)cc5CCCCCC)nc4c(CCCCCC)c3s2)s1. The van der Waals surface area contributed by atoms with Crippen molar-refractivity contribution in [2.45, 2.75) is 410 Å². The summed E-state index contributed by atoms with van der Waals surface area (Å²) in [5.74, 6) is 0. The van der Waals surface area contributed by atoms with Crippen molar-refractivity contribution in [3.63, 3.8) is 0 Å². The van der Waals surface area contributed by atoms with Gasteiger partial charge in [-0.1, -0.05) is 72.1 Å². The summed E-state index contributed by atoms with van der Waals surface area (Å²) in [6.45, 7) is 18.7. The molecule has 680 valence electrons. The molecule has 124 heavy (non-hydrogen) atoms. The van der Waals surface area contributed by atoms with Crippen LogP contribution in [0.4, 0.5) is 0 Å². The summed E-state index contributed by atoms with van der Waals surface area (Å²) in [6.07, 6.45) is 59.4. The van der Waals surface area contributed by atoms with E-state index in [0.717, 1.165) is 36.7 Å². The third kappa shape index (κ3) is 29.2. The van der Waals surface area contributed by atoms with E-state index in [4.69, 9.17) is 19.9 Å². The van der Waals surface area contributed by atoms with Gasteiger partial charge in [-0.3, -0.25) is 0 Å². The predicted molar refractivity (Wildman–Crippen MR) is 588 cm³/mol. The van der Waals surface area contributed by atoms with Crippen LogP contribution < -0.4 is 11.6 Å². The van der Waals surface area contributed by atoms with E-state index in [9.17, 15) is 0 Å². The summed E-state index contributed by atoms with van der Waals surface area (Å²) in [6, 6.07) is 20.5. The Morgan fingerprint density at radius 1 is 0.210 bits per heavy atom. The monoisotopic (exact) mass is 2290 g/mol. The molecule has 12 aromatic rings. The Morgan fingerprint density at radius 3 is 0.702 bits per heavy atom. The Bertz CT molecular complexity index is 4920. The van der Waals surface area contributed by atoms with Gasteiger partial charge in [-0.25, -0.2) is 0 Å². The van der Waals surface area contributed by atoms with E-state index in [1.54, 1.807) is 54.7 Å². The number of fused-ring (bicyclic) bond motifs is 4. The molecule has 0 fully saturated rings. The van der Waals surface area contributed by atoms with E-state index in [1.807, 2.05) is 45.3 Å². The molecule has 0 N–H and O–H groups in total. The summed E-state index contributed by atoms with van der Waals surface area (Å²) in [5, 5.41) is 4.99. The van der Waals surface area contributed by atoms with Gasteiger partial charge in [0.25, 0.3) is 0 Å². The van der Waals surface area contributed by atoms with Gasteiger partial charge in [0, 0.05) is 0 Å². The predicted octanol–water partition coefficient (Wildman–Crippen LogP) is 37.7. The van der Waals surface area contributed by atoms with Crippen LogP contribution in [-0.2, 0) is 51.4 Å². The minimum atomic E-state index is -2.30. The second kappa shape index (κ2) is 51.4. The van der Waals surface area contributed by atoms with Crippen molar-refractivity contribution in [3.8, 4) is 59.0 Å². The normalized spacial score (nSPS) is 12.5. The molecule has 2 aromatic carbocycles. The van der Waals surface area contributed by atoms with Crippen LogP contribution >= 0.6 is 113 Å². The number of aromatic nitrogens is 4. The van der Waals surface area contributed by atoms with Crippen molar-refractivity contribution in [2.75, 3.05) is 0 Å². The second-order valence-electron chi connectivity index (χ2n) is 40.6. The Labute approximate surface area is 810 Å². The van der Waals surface area contributed by atoms with Crippen LogP contribution in [0.5, 0.6) is 0 Å². The van der Waals surface area contributed by atoms with Gasteiger partial charge in [0.15, 0.2) is 0 Å². The number of thiophene rings is 6. The molecule has 0 aliphatic rings. The molecule has 10 heterocycles. The average molecular weight is 2290 g/mol. The molecule has 18 heteroatoms. The van der Waals surface area contributed by atoms with E-state index in [2.05, 4.69) is 231 Å². The van der Waals surface area contributed by atoms with Gasteiger partial charge in [-0.2, -0.15) is 0 Å². The molecule has 0 saturated carbocycles. The molecule has 0 amide bonds. The number of hydrogen-bond acceptors (Lipinski definition) is 14. The molecule has 0 bridgehead atoms. The van der Waals surface area contributed by atoms with Crippen molar-refractivity contribution in [2.24, 2.45) is 0 Å². The zero-order valence-corrected chi connectivity index (χ0v) is 101. The quantitative estimate of drug-likeness (QED) is 0.0282. The first-order valence-electron chi connectivity index (χ1n) is 50.0. The van der Waals surface area contributed by atoms with Gasteiger partial charge in [0.1, 0.15) is 0 Å². The van der Waals surface area contributed by atoms with E-state index in [1.165, 1.54) is 360 Å². The van der Waals surface area contributed by atoms with Gasteiger partial charge in [-0.15, -0.1) is 0 Å². The number of benzene rings is 2. The van der Waals surface area contributed by atoms with E-state index >= 15 is 0 Å². The van der Waals surface area contributed by atoms with Crippen LogP contribution in [-0.4, -0.2) is 93.4 Å². The van der Waals surface area contributed by atoms with Crippen LogP contribution in [0, 0.1) is 0 Å². The average Bonchev–Trinajstić information content (AvgIpc) is 1.57. The fourth-order valence-corrected chi connectivity index (χ4v) is 50.8. The molecule has 0 saturated heterocycles. The molecule has 0 aliphatic heterocycles. The van der Waals surface area contributed by atoms with Gasteiger partial charge in [0.2, 0.25) is 0 Å². The maximum absolute atomic E-state index is 5.99. The van der Waals surface area contributed by atoms with Crippen LogP contribution in [0.1, 0.15) is 344 Å². The minimum absolute atomic E-state index is 1.09. The fraction of sp³-hybridized carbons (Fsp3) is 0.623. The Morgan fingerprint density at radius 2 is 0.427 bits per heavy atom. The Kier molecular flexibility index (Phi) is 43.0. The van der Waals surface area contributed by atoms with Crippen molar-refractivity contribution in [1.29, 1.82) is 0 Å². The zero-order chi connectivity index (χ0) is 88.6. The fourth-order valence-electron chi connectivity index (χ4n) is 17.4. The van der Waals surface area contributed by atoms with Crippen molar-refractivity contribution in [1.82, 2.24) is 19.9 Å². The number of rotatable bonds is 56. The third-order valence-electron chi connectivity index (χ3n) is 25.2. The zero-order valence-electron chi connectivity index (χ0n) is 81.0. The molecule has 0 radical (unpaired) electrons. The number of thiazole rings is 4. The Balaban J connectivity index is 0.000000267. The van der Waals surface area contributed by atoms with Crippen molar-refractivity contribution >= 4 is 239 Å². The van der Waals surface area contributed by atoms with Gasteiger partial charge in [-0.05, 0) is 0 Å². The van der Waals surface area contributed by atoms with Gasteiger partial charge < -0.3 is 0 Å². The molecular formula is C106H160N4S10Sn4. The first-order valence-corrected chi connectivity index (χ1v) is 98.1. The molecule has 4 nitrogen and oxygen atoms in total. The second-order valence-corrected chi connectivity index (χ2v) is 113. The first-order chi connectivity index (χ1) is 59.7. The Hall–Kier alpha value is -0.605. The summed E-state index contributed by atoms with van der Waals surface area (Å²) < 4.78 is 12.3. The topological polar surface area (TPSA) is 51.6 Å². The third-order valence-corrected chi connectivity index (χ3v) is 75.2. The summed E-state index contributed by atoms with van der Waals surface area (Å²) >= 11 is 11.5. The van der Waals surface area contributed by atoms with E-state index in [0.29, 0.717) is 0 Å². The molecule has 10 aromatic heterocycles. The molecular weight excluding hydrogens is 2120 g/mol. The van der Waals surface area contributed by atoms with Crippen molar-refractivity contribution < 1.29 is 0 Å². The number of nitrogens with zero attached hydrogens (tertiary/aromatic N) is 4. The van der Waals surface area contributed by atoms with E-state index in [-0.39, 0.29) is 0 Å². The number of hydrogen-bond donors (Lipinski definition) is 0. The van der Waals surface area contributed by atoms with Gasteiger partial charge >= 0.3 is 749 Å². The molecule has 0 atom stereocenters. The molecule has 0 spiro atoms. The molecule has 0 aliphatic carbocycles. The molecule has 0 unspecified atom stereocenters. The standard InChI is InChI=1S/C60H82N2S6.C34H42N2S4.12CH3.4Sn/c1-7-13-19-25-31-43-37-39-63-53(43)49-41-45(33-27-21-15-9-3)55(65-49)59-61-51-47(35-29-23-17-11-5)58-52(48(57(51)67-59)36-30-24-18-12-6)62-60(68-58)56-46(34-28-22-16-10-4)42-50(66-56)54-44(38-40-64-54)32-26-20-14-8-2;1-3-5-7-9-10-11-12-13-14-16-18-26-20-22-38-32(26)34-36-28-24-29-27(23-30(28)40-34)35-33(39-29)31-25(19-21-37-31)17-15-8-6-4-2;;;;;;;;;;;;;;;;/h37-38,41-42H,7-36H2,1-6H3;19-20,23-24H,3-18H2,1-2H3;12*1H3;;;;. The van der Waals surface area contributed by atoms with Crippen LogP contribution in [0.3, 0.4) is 0 Å². The number of unbranched alkanes of at least 4 members (excludes halogenated alkanes) is 30. The van der Waals surface area contributed by atoms with Crippen LogP contribution in [0.2, 0.25) is 59.3 Å². The first kappa shape index (κ1) is 104. The number of aryl methyl sites for hydroxylation is 8. The summed E-state index contributed by atoms with van der Waals surface area (Å²) in [4.78, 5) is 65.6. The van der Waals surface area contributed by atoms with Crippen LogP contribution in [0.15, 0.2) is 48.5 Å². The summed E-state index contributed by atoms with van der Waals surface area (Å²) in [5.41, 5.74) is 17.4. The molecule has 12 rings (SSSR count). The van der Waals surface area contributed by atoms with Crippen LogP contribution in [0.25, 0.3) is 99.9 Å². The van der Waals surface area contributed by atoms with E-state index < -0.39 is 73.5 Å². The van der Waals surface area contributed by atoms with Crippen molar-refractivity contribution in [3.05, 3.63) is 93.0 Å². The maximum atomic E-state index is 5.99. The van der Waals surface area contributed by atoms with Gasteiger partial charge in [0.05, 0.1) is 0 Å². The summed E-state index contributed by atoms with van der Waals surface area (Å²) in [7, 11) is 0.